The van der Waals surface area contributed by atoms with Crippen molar-refractivity contribution in [3.63, 3.8) is 0 Å². The maximum atomic E-state index is 11.7. The maximum Gasteiger partial charge on any atom is 0.407 e. The molecule has 130 valence electrons. The quantitative estimate of drug-likeness (QED) is 0.627. The third-order valence-corrected chi connectivity index (χ3v) is 2.69. The lowest BCUT2D eigenvalue weighted by molar-refractivity contribution is -0.00718. The Hall–Kier alpha value is -1.61. The van der Waals surface area contributed by atoms with Gasteiger partial charge in [0.1, 0.15) is 19.3 Å². The van der Waals surface area contributed by atoms with E-state index >= 15 is 0 Å². The van der Waals surface area contributed by atoms with Crippen LogP contribution in [-0.4, -0.2) is 41.6 Å². The molecule has 0 aromatic carbocycles. The number of hydrogen-bond acceptors (Lipinski definition) is 6. The van der Waals surface area contributed by atoms with E-state index in [1.165, 1.54) is 12.3 Å². The largest absolute Gasteiger partial charge is 0.593 e. The molecule has 9 heteroatoms. The first-order valence-corrected chi connectivity index (χ1v) is 7.35. The summed E-state index contributed by atoms with van der Waals surface area (Å²) in [5, 5.41) is 24.0. The summed E-state index contributed by atoms with van der Waals surface area (Å²) in [5.41, 5.74) is -0.740. The fourth-order valence-electron chi connectivity index (χ4n) is 1.58. The van der Waals surface area contributed by atoms with Gasteiger partial charge in [-0.3, -0.25) is 0 Å². The van der Waals surface area contributed by atoms with Crippen molar-refractivity contribution in [1.29, 1.82) is 0 Å². The Morgan fingerprint density at radius 3 is 2.70 bits per heavy atom. The van der Waals surface area contributed by atoms with Gasteiger partial charge in [-0.1, -0.05) is 11.6 Å². The molecule has 0 fully saturated rings. The molecule has 2 atom stereocenters. The van der Waals surface area contributed by atoms with E-state index in [0.29, 0.717) is 0 Å². The second kappa shape index (κ2) is 7.31. The van der Waals surface area contributed by atoms with Gasteiger partial charge in [0.15, 0.2) is 0 Å². The van der Waals surface area contributed by atoms with Crippen LogP contribution in [0.1, 0.15) is 27.7 Å². The summed E-state index contributed by atoms with van der Waals surface area (Å²) < 4.78 is 10.5. The van der Waals surface area contributed by atoms with E-state index in [9.17, 15) is 15.2 Å². The zero-order valence-corrected chi connectivity index (χ0v) is 14.5. The molecule has 0 saturated heterocycles. The number of pyridine rings is 1. The fourth-order valence-corrected chi connectivity index (χ4v) is 1.73. The van der Waals surface area contributed by atoms with Crippen LogP contribution in [0.2, 0.25) is 5.02 Å². The second-order valence-corrected chi connectivity index (χ2v) is 6.65. The number of rotatable bonds is 5. The van der Waals surface area contributed by atoms with Gasteiger partial charge in [-0.25, -0.2) is 15.0 Å². The van der Waals surface area contributed by atoms with Crippen LogP contribution in [0.5, 0.6) is 5.88 Å². The van der Waals surface area contributed by atoms with Crippen LogP contribution in [0.3, 0.4) is 0 Å². The van der Waals surface area contributed by atoms with Gasteiger partial charge < -0.3 is 20.0 Å². The summed E-state index contributed by atoms with van der Waals surface area (Å²) in [4.78, 5) is 13.8. The van der Waals surface area contributed by atoms with E-state index in [1.54, 1.807) is 27.7 Å². The normalized spacial score (nSPS) is 15.5. The highest BCUT2D eigenvalue weighted by molar-refractivity contribution is 6.30. The Bertz CT molecular complexity index is 554. The lowest BCUT2D eigenvalue weighted by Gasteiger charge is -2.29. The smallest absolute Gasteiger partial charge is 0.407 e. The van der Waals surface area contributed by atoms with Crippen LogP contribution >= 0.6 is 11.6 Å². The minimum absolute atomic E-state index is 0.0286. The third-order valence-electron chi connectivity index (χ3n) is 2.48. The molecule has 0 aliphatic heterocycles. The maximum absolute atomic E-state index is 11.7. The molecule has 0 aliphatic carbocycles. The van der Waals surface area contributed by atoms with E-state index in [-0.39, 0.29) is 23.2 Å². The zero-order chi connectivity index (χ0) is 17.8. The van der Waals surface area contributed by atoms with Crippen molar-refractivity contribution in [1.82, 2.24) is 15.1 Å². The summed E-state index contributed by atoms with van der Waals surface area (Å²) in [7, 11) is 1.00. The average Bonchev–Trinajstić information content (AvgIpc) is 2.33. The number of aromatic nitrogens is 1. The predicted octanol–water partition coefficient (Wildman–Crippen LogP) is 2.85. The molecule has 0 spiro atoms. The van der Waals surface area contributed by atoms with Crippen molar-refractivity contribution in [3.05, 3.63) is 22.5 Å². The van der Waals surface area contributed by atoms with Crippen LogP contribution in [0, 0.1) is 5.21 Å². The van der Waals surface area contributed by atoms with Crippen molar-refractivity contribution in [3.8, 4) is 5.88 Å². The molecule has 1 aromatic heterocycles. The summed E-state index contributed by atoms with van der Waals surface area (Å²) in [6.07, 6.45) is 0.714. The molecule has 0 saturated carbocycles. The third kappa shape index (κ3) is 7.00. The first-order chi connectivity index (χ1) is 10.4. The molecule has 1 aromatic rings. The molecular formula is C14H22ClN3O5. The number of ether oxygens (including phenoxy) is 2. The lowest BCUT2D eigenvalue weighted by atomic mass is 10.2. The number of carbonyl (C=O) groups is 1. The van der Waals surface area contributed by atoms with Crippen LogP contribution < -0.4 is 14.9 Å². The van der Waals surface area contributed by atoms with Gasteiger partial charge in [-0.15, -0.1) is 0 Å². The Morgan fingerprint density at radius 1 is 1.57 bits per heavy atom. The number of nitrogens with zero attached hydrogens (tertiary/aromatic N) is 2. The van der Waals surface area contributed by atoms with Crippen molar-refractivity contribution in [2.75, 3.05) is 13.7 Å². The van der Waals surface area contributed by atoms with Crippen molar-refractivity contribution < 1.29 is 19.5 Å². The van der Waals surface area contributed by atoms with Gasteiger partial charge in [0, 0.05) is 12.3 Å². The highest BCUT2D eigenvalue weighted by Crippen LogP contribution is 2.30. The first-order valence-electron chi connectivity index (χ1n) is 6.97. The molecule has 0 bridgehead atoms. The summed E-state index contributed by atoms with van der Waals surface area (Å²) in [6, 6.07) is 0.863. The van der Waals surface area contributed by atoms with Gasteiger partial charge >= 0.3 is 6.09 Å². The monoisotopic (exact) mass is 347 g/mol. The minimum Gasteiger partial charge on any atom is -0.593 e. The molecule has 23 heavy (non-hydrogen) atoms. The SMILES string of the molecule is C[C@@H](COc1ncc(Cl)cc1[N+](C)([O-])O)NC(=O)OC(C)(C)C. The van der Waals surface area contributed by atoms with E-state index in [1.807, 2.05) is 0 Å². The highest BCUT2D eigenvalue weighted by Gasteiger charge is 2.22. The second-order valence-electron chi connectivity index (χ2n) is 6.22. The Kier molecular flexibility index (Phi) is 6.18. The van der Waals surface area contributed by atoms with E-state index in [0.717, 1.165) is 7.05 Å². The topological polar surface area (TPSA) is 104 Å². The molecule has 0 radical (unpaired) electrons. The number of carbonyl (C=O) groups excluding carboxylic acids is 1. The molecule has 1 unspecified atom stereocenters. The Balaban J connectivity index is 2.67. The van der Waals surface area contributed by atoms with Crippen LogP contribution in [-0.2, 0) is 4.74 Å². The van der Waals surface area contributed by atoms with Gasteiger partial charge in [0.25, 0.3) is 5.88 Å². The molecular weight excluding hydrogens is 326 g/mol. The van der Waals surface area contributed by atoms with Gasteiger partial charge in [-0.2, -0.15) is 4.81 Å². The average molecular weight is 348 g/mol. The summed E-state index contributed by atoms with van der Waals surface area (Å²) in [6.45, 7) is 6.99. The van der Waals surface area contributed by atoms with Gasteiger partial charge in [-0.05, 0) is 27.7 Å². The molecule has 1 rings (SSSR count). The van der Waals surface area contributed by atoms with E-state index < -0.39 is 22.5 Å². The number of hydroxylamine groups is 2. The van der Waals surface area contributed by atoms with Crippen LogP contribution in [0.25, 0.3) is 0 Å². The molecule has 2 N–H and O–H groups in total. The highest BCUT2D eigenvalue weighted by atomic mass is 35.5. The number of amides is 1. The molecule has 0 aliphatic rings. The minimum atomic E-state index is -1.73. The van der Waals surface area contributed by atoms with E-state index in [4.69, 9.17) is 21.1 Å². The molecule has 1 heterocycles. The summed E-state index contributed by atoms with van der Waals surface area (Å²) >= 11 is 5.76. The standard InChI is InChI=1S/C14H22ClN3O5/c1-9(17-13(19)23-14(2,3)4)8-22-12-11(18(5,20)21)6-10(15)7-16-12/h6-7,9,20H,8H2,1-5H3,(H,17,19)/t9-/m0/s1. The zero-order valence-electron chi connectivity index (χ0n) is 13.8. The number of hydrogen-bond donors (Lipinski definition) is 2. The lowest BCUT2D eigenvalue weighted by Crippen LogP contribution is -2.40. The number of nitrogens with one attached hydrogen (secondary N) is 1. The first kappa shape index (κ1) is 19.4. The number of halogens is 1. The summed E-state index contributed by atoms with van der Waals surface area (Å²) in [5.74, 6) is -0.0627. The molecule has 1 amide bonds. The van der Waals surface area contributed by atoms with Crippen molar-refractivity contribution >= 4 is 23.4 Å². The Labute approximate surface area is 140 Å². The Morgan fingerprint density at radius 2 is 2.17 bits per heavy atom. The van der Waals surface area contributed by atoms with Crippen molar-refractivity contribution in [2.24, 2.45) is 0 Å². The van der Waals surface area contributed by atoms with Gasteiger partial charge in [0.05, 0.1) is 11.1 Å². The number of quaternary nitrogens is 1. The van der Waals surface area contributed by atoms with Crippen LogP contribution in [0.15, 0.2) is 12.3 Å². The number of alkyl carbamates (subject to hydrolysis) is 1. The van der Waals surface area contributed by atoms with Gasteiger partial charge in [0.2, 0.25) is 5.69 Å². The van der Waals surface area contributed by atoms with E-state index in [2.05, 4.69) is 10.3 Å². The predicted molar refractivity (Wildman–Crippen MR) is 86.4 cm³/mol. The van der Waals surface area contributed by atoms with Crippen LogP contribution in [0.4, 0.5) is 10.5 Å². The fraction of sp³-hybridized carbons (Fsp3) is 0.571. The molecule has 8 nitrogen and oxygen atoms in total. The van der Waals surface area contributed by atoms with Crippen molar-refractivity contribution in [2.45, 2.75) is 39.3 Å².